The van der Waals surface area contributed by atoms with Crippen LogP contribution in [0, 0.1) is 12.7 Å². The van der Waals surface area contributed by atoms with Gasteiger partial charge in [-0.15, -0.1) is 0 Å². The maximum atomic E-state index is 15.0. The van der Waals surface area contributed by atoms with E-state index in [2.05, 4.69) is 21.0 Å². The number of aromatic nitrogens is 2. The molecule has 1 aliphatic carbocycles. The minimum Gasteiger partial charge on any atom is -0.457 e. The van der Waals surface area contributed by atoms with Crippen LogP contribution >= 0.6 is 11.6 Å². The number of nitrogens with zero attached hydrogens (tertiary/aromatic N) is 2. The van der Waals surface area contributed by atoms with Crippen molar-refractivity contribution in [3.8, 4) is 5.75 Å². The first-order valence-electron chi connectivity index (χ1n) is 11.8. The number of aryl methyl sites for hydroxylation is 1. The maximum absolute atomic E-state index is 15.0. The average Bonchev–Trinajstić information content (AvgIpc) is 3.30. The molecule has 2 heterocycles. The molecule has 1 aliphatic heterocycles. The van der Waals surface area contributed by atoms with Crippen LogP contribution < -0.4 is 20.7 Å². The van der Waals surface area contributed by atoms with E-state index in [1.54, 1.807) is 54.5 Å². The third-order valence-corrected chi connectivity index (χ3v) is 6.27. The summed E-state index contributed by atoms with van der Waals surface area (Å²) in [5.74, 6) is -0.482. The number of carbonyl (C=O) groups is 2. The molecule has 0 spiro atoms. The monoisotopic (exact) mass is 525 g/mol. The van der Waals surface area contributed by atoms with Crippen molar-refractivity contribution in [2.45, 2.75) is 45.7 Å². The van der Waals surface area contributed by atoms with Gasteiger partial charge in [0, 0.05) is 31.1 Å². The van der Waals surface area contributed by atoms with Crippen LogP contribution in [0.3, 0.4) is 0 Å². The lowest BCUT2D eigenvalue weighted by Crippen LogP contribution is -2.32. The second-order valence-corrected chi connectivity index (χ2v) is 10.2. The number of hydrogen-bond donors (Lipinski definition) is 3. The minimum atomic E-state index is -0.561. The molecular weight excluding hydrogens is 497 g/mol. The summed E-state index contributed by atoms with van der Waals surface area (Å²) in [7, 11) is 1.52. The standard InChI is InChI=1S/C27H29ClFN5O3/c1-15-8-16(9-25(35)33-17-13-32-34(14-17)27(2,3)4)21(29)12-24(15)37-23-6-7-31-22-11-20(28)18(10-19(22)23)26(36)30-5/h6-8,10-14,22,31H,9H2,1-5H3,(H,30,36)(H,33,35). The topological polar surface area (TPSA) is 97.3 Å². The Morgan fingerprint density at radius 3 is 2.73 bits per heavy atom. The van der Waals surface area contributed by atoms with Crippen molar-refractivity contribution >= 4 is 29.1 Å². The van der Waals surface area contributed by atoms with Crippen LogP contribution in [-0.2, 0) is 21.5 Å². The first kappa shape index (κ1) is 26.2. The summed E-state index contributed by atoms with van der Waals surface area (Å²) < 4.78 is 22.9. The van der Waals surface area contributed by atoms with Crippen LogP contribution in [0.5, 0.6) is 5.75 Å². The highest BCUT2D eigenvalue weighted by molar-refractivity contribution is 6.35. The zero-order valence-electron chi connectivity index (χ0n) is 21.3. The molecule has 1 atom stereocenters. The van der Waals surface area contributed by atoms with Crippen LogP contribution in [0.4, 0.5) is 10.1 Å². The number of dihydropyridines is 1. The van der Waals surface area contributed by atoms with Gasteiger partial charge in [-0.3, -0.25) is 14.3 Å². The molecule has 3 N–H and O–H groups in total. The Kier molecular flexibility index (Phi) is 7.27. The van der Waals surface area contributed by atoms with Crippen molar-refractivity contribution in [1.82, 2.24) is 20.4 Å². The highest BCUT2D eigenvalue weighted by Gasteiger charge is 2.27. The van der Waals surface area contributed by atoms with Crippen molar-refractivity contribution in [3.05, 3.63) is 87.8 Å². The Bertz CT molecular complexity index is 1380. The van der Waals surface area contributed by atoms with Gasteiger partial charge in [-0.1, -0.05) is 11.6 Å². The first-order valence-corrected chi connectivity index (χ1v) is 12.1. The van der Waals surface area contributed by atoms with Gasteiger partial charge in [0.15, 0.2) is 0 Å². The summed E-state index contributed by atoms with van der Waals surface area (Å²) in [6, 6.07) is 2.57. The maximum Gasteiger partial charge on any atom is 0.252 e. The fourth-order valence-corrected chi connectivity index (χ4v) is 4.21. The van der Waals surface area contributed by atoms with Gasteiger partial charge in [0.05, 0.1) is 40.5 Å². The number of hydrogen-bond acceptors (Lipinski definition) is 5. The summed E-state index contributed by atoms with van der Waals surface area (Å²) in [6.07, 6.45) is 9.94. The van der Waals surface area contributed by atoms with Gasteiger partial charge >= 0.3 is 0 Å². The molecule has 0 radical (unpaired) electrons. The number of amides is 2. The number of rotatable bonds is 6. The number of ether oxygens (including phenoxy) is 1. The highest BCUT2D eigenvalue weighted by Crippen LogP contribution is 2.32. The lowest BCUT2D eigenvalue weighted by molar-refractivity contribution is -0.117. The third-order valence-electron chi connectivity index (χ3n) is 5.94. The molecule has 37 heavy (non-hydrogen) atoms. The van der Waals surface area contributed by atoms with Crippen LogP contribution in [0.15, 0.2) is 70.9 Å². The van der Waals surface area contributed by atoms with Gasteiger partial charge < -0.3 is 20.7 Å². The number of likely N-dealkylation sites (N-methyl/N-ethyl adjacent to an activating group) is 1. The normalized spacial score (nSPS) is 16.9. The molecule has 1 aromatic carbocycles. The molecule has 4 rings (SSSR count). The van der Waals surface area contributed by atoms with Crippen molar-refractivity contribution in [2.75, 3.05) is 12.4 Å². The Balaban J connectivity index is 1.52. The van der Waals surface area contributed by atoms with E-state index < -0.39 is 5.82 Å². The smallest absolute Gasteiger partial charge is 0.252 e. The predicted octanol–water partition coefficient (Wildman–Crippen LogP) is 4.19. The largest absolute Gasteiger partial charge is 0.457 e. The fourth-order valence-electron chi connectivity index (χ4n) is 3.95. The summed E-state index contributed by atoms with van der Waals surface area (Å²) in [5, 5.41) is 13.1. The molecule has 194 valence electrons. The molecule has 2 aromatic rings. The third kappa shape index (κ3) is 5.77. The lowest BCUT2D eigenvalue weighted by atomic mass is 9.94. The molecule has 2 aliphatic rings. The van der Waals surface area contributed by atoms with E-state index in [1.165, 1.54) is 13.1 Å². The number of halogens is 2. The Hall–Kier alpha value is -3.85. The Morgan fingerprint density at radius 2 is 2.05 bits per heavy atom. The van der Waals surface area contributed by atoms with Crippen molar-refractivity contribution in [3.63, 3.8) is 0 Å². The van der Waals surface area contributed by atoms with Gasteiger partial charge in [0.2, 0.25) is 5.91 Å². The number of nitrogens with one attached hydrogen (secondary N) is 3. The van der Waals surface area contributed by atoms with E-state index in [4.69, 9.17) is 16.3 Å². The summed E-state index contributed by atoms with van der Waals surface area (Å²) in [6.45, 7) is 7.78. The van der Waals surface area contributed by atoms with Crippen LogP contribution in [0.25, 0.3) is 0 Å². The SMILES string of the molecule is CNC(=O)C1=CC2=C(Oc3cc(F)c(CC(=O)Nc4cnn(C(C)(C)C)c4)cc3C)C=CNC2C=C1Cl. The van der Waals surface area contributed by atoms with Gasteiger partial charge in [-0.05, 0) is 63.1 Å². The van der Waals surface area contributed by atoms with Crippen molar-refractivity contribution < 1.29 is 18.7 Å². The quantitative estimate of drug-likeness (QED) is 0.525. The number of allylic oxidation sites excluding steroid dienone is 1. The molecule has 10 heteroatoms. The van der Waals surface area contributed by atoms with E-state index in [0.29, 0.717) is 38.9 Å². The molecule has 8 nitrogen and oxygen atoms in total. The summed E-state index contributed by atoms with van der Waals surface area (Å²) in [4.78, 5) is 24.8. The van der Waals surface area contributed by atoms with Crippen molar-refractivity contribution in [1.29, 1.82) is 0 Å². The Labute approximate surface area is 219 Å². The molecule has 2 amide bonds. The van der Waals surface area contributed by atoms with E-state index in [9.17, 15) is 9.59 Å². The number of benzene rings is 1. The molecule has 1 unspecified atom stereocenters. The molecule has 0 saturated heterocycles. The highest BCUT2D eigenvalue weighted by atomic mass is 35.5. The van der Waals surface area contributed by atoms with Crippen LogP contribution in [-0.4, -0.2) is 34.7 Å². The summed E-state index contributed by atoms with van der Waals surface area (Å²) >= 11 is 6.28. The minimum absolute atomic E-state index is 0.144. The van der Waals surface area contributed by atoms with Gasteiger partial charge in [0.1, 0.15) is 17.3 Å². The Morgan fingerprint density at radius 1 is 1.30 bits per heavy atom. The van der Waals surface area contributed by atoms with E-state index >= 15 is 4.39 Å². The van der Waals surface area contributed by atoms with Crippen molar-refractivity contribution in [2.24, 2.45) is 0 Å². The summed E-state index contributed by atoms with van der Waals surface area (Å²) in [5.41, 5.74) is 2.22. The molecule has 0 saturated carbocycles. The van der Waals surface area contributed by atoms with E-state index in [1.807, 2.05) is 20.8 Å². The van der Waals surface area contributed by atoms with E-state index in [0.717, 1.165) is 0 Å². The predicted molar refractivity (Wildman–Crippen MR) is 140 cm³/mol. The average molecular weight is 526 g/mol. The van der Waals surface area contributed by atoms with E-state index in [-0.39, 0.29) is 35.4 Å². The number of carbonyl (C=O) groups excluding carboxylic acids is 2. The number of anilines is 1. The van der Waals surface area contributed by atoms with Gasteiger partial charge in [0.25, 0.3) is 5.91 Å². The van der Waals surface area contributed by atoms with Crippen LogP contribution in [0.2, 0.25) is 0 Å². The lowest BCUT2D eigenvalue weighted by Gasteiger charge is -2.27. The zero-order valence-corrected chi connectivity index (χ0v) is 22.0. The first-order chi connectivity index (χ1) is 17.5. The van der Waals surface area contributed by atoms with Crippen LogP contribution in [0.1, 0.15) is 31.9 Å². The molecular formula is C27H29ClFN5O3. The number of fused-ring (bicyclic) bond motifs is 1. The van der Waals surface area contributed by atoms with Gasteiger partial charge in [-0.25, -0.2) is 4.39 Å². The second kappa shape index (κ2) is 10.3. The second-order valence-electron chi connectivity index (χ2n) is 9.83. The molecule has 0 fully saturated rings. The fraction of sp³-hybridized carbons (Fsp3) is 0.296. The zero-order chi connectivity index (χ0) is 26.9. The van der Waals surface area contributed by atoms with Gasteiger partial charge in [-0.2, -0.15) is 5.10 Å². The molecule has 0 bridgehead atoms. The molecule has 1 aromatic heterocycles.